The molecule has 0 amide bonds. The molecule has 0 fully saturated rings. The van der Waals surface area contributed by atoms with Crippen LogP contribution in [0.15, 0.2) is 0 Å². The Labute approximate surface area is 48.3 Å². The second-order valence-electron chi connectivity index (χ2n) is 1.01. The van der Waals surface area contributed by atoms with Crippen LogP contribution in [0.2, 0.25) is 0 Å². The molecule has 8 heavy (non-hydrogen) atoms. The first kappa shape index (κ1) is 8.07. The quantitative estimate of drug-likeness (QED) is 0.540. The maximum atomic E-state index is 11.4. The zero-order valence-electron chi connectivity index (χ0n) is 3.70. The number of alkyl halides is 4. The molecule has 0 rings (SSSR count). The summed E-state index contributed by atoms with van der Waals surface area (Å²) in [5.74, 6) is 0. The van der Waals surface area contributed by atoms with Gasteiger partial charge in [-0.25, -0.2) is 8.78 Å². The number of halogens is 4. The largest absolute Gasteiger partial charge is 0.353 e. The molecule has 0 heterocycles. The van der Waals surface area contributed by atoms with Gasteiger partial charge in [0.1, 0.15) is 0 Å². The van der Waals surface area contributed by atoms with E-state index in [1.807, 2.05) is 0 Å². The van der Waals surface area contributed by atoms with E-state index in [1.54, 1.807) is 0 Å². The fourth-order valence-electron chi connectivity index (χ4n) is 0.0630. The van der Waals surface area contributed by atoms with E-state index in [2.05, 4.69) is 6.26 Å². The van der Waals surface area contributed by atoms with E-state index in [9.17, 15) is 17.6 Å². The predicted molar refractivity (Wildman–Crippen MR) is 23.9 cm³/mol. The number of thioether (sulfide) groups is 1. The van der Waals surface area contributed by atoms with Crippen molar-refractivity contribution in [3.63, 3.8) is 0 Å². The number of hydrogen-bond acceptors (Lipinski definition) is 1. The molecule has 0 aromatic carbocycles. The van der Waals surface area contributed by atoms with Crippen molar-refractivity contribution in [1.82, 2.24) is 0 Å². The van der Waals surface area contributed by atoms with Gasteiger partial charge < -0.3 is 0 Å². The summed E-state index contributed by atoms with van der Waals surface area (Å²) >= 11 is -0.398. The van der Waals surface area contributed by atoms with E-state index < -0.39 is 23.4 Å². The maximum Gasteiger partial charge on any atom is 0.353 e. The van der Waals surface area contributed by atoms with E-state index in [4.69, 9.17) is 0 Å². The van der Waals surface area contributed by atoms with Crippen molar-refractivity contribution in [3.8, 4) is 0 Å². The third-order valence-electron chi connectivity index (χ3n) is 0.446. The van der Waals surface area contributed by atoms with Crippen LogP contribution >= 0.6 is 11.8 Å². The standard InChI is InChI=1S/C3H3F4S/c1-8-3(6,7)2(4)5/h2H,1H2. The van der Waals surface area contributed by atoms with Crippen LogP contribution in [0.5, 0.6) is 0 Å². The Morgan fingerprint density at radius 1 is 1.38 bits per heavy atom. The van der Waals surface area contributed by atoms with Crippen molar-refractivity contribution in [3.05, 3.63) is 6.26 Å². The van der Waals surface area contributed by atoms with Crippen LogP contribution in [-0.4, -0.2) is 11.7 Å². The zero-order valence-corrected chi connectivity index (χ0v) is 4.52. The topological polar surface area (TPSA) is 0 Å². The van der Waals surface area contributed by atoms with Crippen molar-refractivity contribution in [2.45, 2.75) is 11.7 Å². The van der Waals surface area contributed by atoms with Gasteiger partial charge in [0.25, 0.3) is 0 Å². The summed E-state index contributed by atoms with van der Waals surface area (Å²) in [4.78, 5) is 0. The van der Waals surface area contributed by atoms with Gasteiger partial charge in [-0.15, -0.1) is 0 Å². The van der Waals surface area contributed by atoms with E-state index >= 15 is 0 Å². The van der Waals surface area contributed by atoms with Gasteiger partial charge in [0, 0.05) is 6.26 Å². The Kier molecular flexibility index (Phi) is 2.59. The predicted octanol–water partition coefficient (Wildman–Crippen LogP) is 2.37. The highest BCUT2D eigenvalue weighted by Gasteiger charge is 2.39. The first-order chi connectivity index (χ1) is 3.50. The third kappa shape index (κ3) is 1.90. The average molecular weight is 147 g/mol. The maximum absolute atomic E-state index is 11.4. The Hall–Kier alpha value is 0.0700. The second-order valence-corrected chi connectivity index (χ2v) is 1.84. The summed E-state index contributed by atoms with van der Waals surface area (Å²) in [7, 11) is 0. The van der Waals surface area contributed by atoms with Gasteiger partial charge in [0.05, 0.1) is 0 Å². The third-order valence-corrected chi connectivity index (χ3v) is 1.01. The van der Waals surface area contributed by atoms with Gasteiger partial charge in [-0.05, 0) is 0 Å². The molecule has 0 aromatic heterocycles. The SMILES string of the molecule is [CH2]SC(F)(F)C(F)F. The van der Waals surface area contributed by atoms with Gasteiger partial charge in [-0.3, -0.25) is 0 Å². The van der Waals surface area contributed by atoms with Crippen LogP contribution in [0.4, 0.5) is 17.6 Å². The number of rotatable bonds is 2. The lowest BCUT2D eigenvalue weighted by atomic mass is 10.7. The van der Waals surface area contributed by atoms with Crippen molar-refractivity contribution >= 4 is 11.8 Å². The molecular weight excluding hydrogens is 144 g/mol. The zero-order chi connectivity index (χ0) is 6.78. The van der Waals surface area contributed by atoms with Crippen molar-refractivity contribution in [2.75, 3.05) is 0 Å². The van der Waals surface area contributed by atoms with E-state index in [0.717, 1.165) is 0 Å². The highest BCUT2D eigenvalue weighted by Crippen LogP contribution is 2.33. The summed E-state index contributed by atoms with van der Waals surface area (Å²) in [5, 5.41) is -3.99. The summed E-state index contributed by atoms with van der Waals surface area (Å²) in [5.41, 5.74) is 0. The number of hydrogen-bond donors (Lipinski definition) is 0. The van der Waals surface area contributed by atoms with E-state index in [1.165, 1.54) is 0 Å². The fourth-order valence-corrected chi connectivity index (χ4v) is 0.189. The molecule has 5 heteroatoms. The smallest absolute Gasteiger partial charge is 0.202 e. The minimum absolute atomic E-state index is 0.398. The van der Waals surface area contributed by atoms with Crippen LogP contribution in [-0.2, 0) is 0 Å². The normalized spacial score (nSPS) is 12.8. The molecule has 0 aliphatic heterocycles. The lowest BCUT2D eigenvalue weighted by Crippen LogP contribution is -2.20. The van der Waals surface area contributed by atoms with Crippen LogP contribution in [0.1, 0.15) is 0 Å². The first-order valence-corrected chi connectivity index (χ1v) is 2.58. The van der Waals surface area contributed by atoms with E-state index in [0.29, 0.717) is 0 Å². The Morgan fingerprint density at radius 2 is 1.75 bits per heavy atom. The highest BCUT2D eigenvalue weighted by atomic mass is 32.2. The molecule has 0 spiro atoms. The molecule has 0 aliphatic rings. The van der Waals surface area contributed by atoms with Crippen LogP contribution < -0.4 is 0 Å². The summed E-state index contributed by atoms with van der Waals surface area (Å²) < 4.78 is 44.9. The van der Waals surface area contributed by atoms with Gasteiger partial charge in [-0.2, -0.15) is 8.78 Å². The molecule has 1 radical (unpaired) electrons. The Morgan fingerprint density at radius 3 is 1.75 bits per heavy atom. The Bertz CT molecular complexity index is 71.7. The molecule has 0 bridgehead atoms. The molecule has 0 nitrogen and oxygen atoms in total. The molecule has 0 aliphatic carbocycles. The lowest BCUT2D eigenvalue weighted by molar-refractivity contribution is -0.0558. The van der Waals surface area contributed by atoms with Crippen LogP contribution in [0.25, 0.3) is 0 Å². The fraction of sp³-hybridized carbons (Fsp3) is 0.667. The van der Waals surface area contributed by atoms with E-state index in [-0.39, 0.29) is 0 Å². The van der Waals surface area contributed by atoms with Crippen molar-refractivity contribution in [2.24, 2.45) is 0 Å². The van der Waals surface area contributed by atoms with Gasteiger partial charge in [-0.1, -0.05) is 11.8 Å². The second kappa shape index (κ2) is 2.57. The molecular formula is C3H3F4S. The summed E-state index contributed by atoms with van der Waals surface area (Å²) in [6, 6.07) is 0. The van der Waals surface area contributed by atoms with Gasteiger partial charge in [0.15, 0.2) is 0 Å². The van der Waals surface area contributed by atoms with Crippen LogP contribution in [0.3, 0.4) is 0 Å². The summed E-state index contributed by atoms with van der Waals surface area (Å²) in [6.45, 7) is 0. The molecule has 0 atom stereocenters. The molecule has 0 saturated carbocycles. The minimum Gasteiger partial charge on any atom is -0.202 e. The van der Waals surface area contributed by atoms with Crippen LogP contribution in [0, 0.1) is 6.26 Å². The monoisotopic (exact) mass is 147 g/mol. The molecule has 0 aromatic rings. The molecule has 0 unspecified atom stereocenters. The minimum atomic E-state index is -3.99. The van der Waals surface area contributed by atoms with Crippen molar-refractivity contribution < 1.29 is 17.6 Å². The average Bonchev–Trinajstić information content (AvgIpc) is 1.67. The van der Waals surface area contributed by atoms with Crippen molar-refractivity contribution in [1.29, 1.82) is 0 Å². The van der Waals surface area contributed by atoms with Gasteiger partial charge >= 0.3 is 11.7 Å². The molecule has 49 valence electrons. The lowest BCUT2D eigenvalue weighted by Gasteiger charge is -2.09. The molecule has 0 N–H and O–H groups in total. The summed E-state index contributed by atoms with van der Waals surface area (Å²) in [6.07, 6.45) is -1.06. The highest BCUT2D eigenvalue weighted by molar-refractivity contribution is 8.01. The Balaban J connectivity index is 3.71. The van der Waals surface area contributed by atoms with Gasteiger partial charge in [0.2, 0.25) is 0 Å². The molecule has 0 saturated heterocycles. The first-order valence-electron chi connectivity index (χ1n) is 1.60.